The fraction of sp³-hybridized carbons (Fsp3) is 0.800. The highest BCUT2D eigenvalue weighted by atomic mass is 16.5. The summed E-state index contributed by atoms with van der Waals surface area (Å²) >= 11 is 0. The highest BCUT2D eigenvalue weighted by Gasteiger charge is 2.09. The molecule has 0 bridgehead atoms. The summed E-state index contributed by atoms with van der Waals surface area (Å²) in [5, 5.41) is 8.85. The van der Waals surface area contributed by atoms with Gasteiger partial charge < -0.3 is 15.6 Å². The van der Waals surface area contributed by atoms with Crippen molar-refractivity contribution in [2.45, 2.75) is 19.3 Å². The average molecular weight is 132 g/mol. The Bertz CT molecular complexity index is 93.0. The third kappa shape index (κ3) is 3.05. The number of aliphatic imine (C=N–C) groups is 1. The lowest BCUT2D eigenvalue weighted by atomic mass is 10.4. The quantitative estimate of drug-likeness (QED) is 0.395. The van der Waals surface area contributed by atoms with Gasteiger partial charge in [0.05, 0.1) is 12.4 Å². The summed E-state index contributed by atoms with van der Waals surface area (Å²) in [5.74, 6) is 0. The maximum Gasteiger partial charge on any atom is 0.174 e. The van der Waals surface area contributed by atoms with E-state index in [9.17, 15) is 0 Å². The van der Waals surface area contributed by atoms with E-state index in [0.717, 1.165) is 6.34 Å². The predicted octanol–water partition coefficient (Wildman–Crippen LogP) is -0.673. The van der Waals surface area contributed by atoms with E-state index in [1.165, 1.54) is 7.11 Å². The van der Waals surface area contributed by atoms with E-state index in [1.54, 1.807) is 6.92 Å². The van der Waals surface area contributed by atoms with E-state index in [4.69, 9.17) is 15.6 Å². The predicted molar refractivity (Wildman–Crippen MR) is 35.2 cm³/mol. The molecular formula is C5H12N2O2. The van der Waals surface area contributed by atoms with Crippen LogP contribution in [-0.2, 0) is 4.74 Å². The average Bonchev–Trinajstić information content (AvgIpc) is 1.82. The minimum Gasteiger partial charge on any atom is -0.390 e. The van der Waals surface area contributed by atoms with Gasteiger partial charge in [-0.15, -0.1) is 0 Å². The minimum atomic E-state index is -0.616. The monoisotopic (exact) mass is 132 g/mol. The van der Waals surface area contributed by atoms with Crippen molar-refractivity contribution in [3.63, 3.8) is 0 Å². The molecule has 3 N–H and O–H groups in total. The summed E-state index contributed by atoms with van der Waals surface area (Å²) in [5.41, 5.74) is 4.96. The Labute approximate surface area is 54.3 Å². The lowest BCUT2D eigenvalue weighted by molar-refractivity contribution is 0.00426. The van der Waals surface area contributed by atoms with E-state index in [-0.39, 0.29) is 0 Å². The van der Waals surface area contributed by atoms with Crippen LogP contribution in [0.1, 0.15) is 6.92 Å². The lowest BCUT2D eigenvalue weighted by Crippen LogP contribution is -2.23. The van der Waals surface area contributed by atoms with Gasteiger partial charge in [0.15, 0.2) is 6.23 Å². The van der Waals surface area contributed by atoms with Gasteiger partial charge in [-0.25, -0.2) is 4.99 Å². The molecule has 0 aliphatic rings. The molecule has 0 heterocycles. The number of methoxy groups -OCH3 is 1. The van der Waals surface area contributed by atoms with Crippen molar-refractivity contribution in [3.05, 3.63) is 0 Å². The van der Waals surface area contributed by atoms with Crippen LogP contribution in [0.5, 0.6) is 0 Å². The highest BCUT2D eigenvalue weighted by molar-refractivity contribution is 5.51. The SMILES string of the molecule is COC(N=CN)C(C)O. The Kier molecular flexibility index (Phi) is 4.00. The third-order valence-corrected chi connectivity index (χ3v) is 0.887. The third-order valence-electron chi connectivity index (χ3n) is 0.887. The topological polar surface area (TPSA) is 67.8 Å². The maximum absolute atomic E-state index is 8.85. The Morgan fingerprint density at radius 1 is 1.78 bits per heavy atom. The molecule has 4 nitrogen and oxygen atoms in total. The van der Waals surface area contributed by atoms with Crippen molar-refractivity contribution < 1.29 is 9.84 Å². The maximum atomic E-state index is 8.85. The first-order valence-electron chi connectivity index (χ1n) is 2.66. The molecule has 0 fully saturated rings. The molecule has 4 heteroatoms. The number of hydrogen-bond acceptors (Lipinski definition) is 3. The number of aliphatic hydroxyl groups is 1. The van der Waals surface area contributed by atoms with E-state index >= 15 is 0 Å². The smallest absolute Gasteiger partial charge is 0.174 e. The fourth-order valence-electron chi connectivity index (χ4n) is 0.467. The van der Waals surface area contributed by atoms with Crippen molar-refractivity contribution >= 4 is 6.34 Å². The Hall–Kier alpha value is -0.610. The minimum absolute atomic E-state index is 0.532. The van der Waals surface area contributed by atoms with Crippen LogP contribution in [-0.4, -0.2) is 30.9 Å². The molecule has 0 amide bonds. The molecule has 54 valence electrons. The molecule has 0 spiro atoms. The second-order valence-electron chi connectivity index (χ2n) is 1.67. The second kappa shape index (κ2) is 4.29. The summed E-state index contributed by atoms with van der Waals surface area (Å²) in [7, 11) is 1.46. The standard InChI is InChI=1S/C5H12N2O2/c1-4(8)5(9-2)7-3-6/h3-5,8H,1-2H3,(H2,6,7). The summed E-state index contributed by atoms with van der Waals surface area (Å²) in [6.07, 6.45) is -0.0363. The van der Waals surface area contributed by atoms with E-state index in [0.29, 0.717) is 0 Å². The number of nitrogens with two attached hydrogens (primary N) is 1. The first-order valence-corrected chi connectivity index (χ1v) is 2.66. The van der Waals surface area contributed by atoms with Crippen molar-refractivity contribution in [2.24, 2.45) is 10.7 Å². The van der Waals surface area contributed by atoms with Crippen LogP contribution in [0.15, 0.2) is 4.99 Å². The molecular weight excluding hydrogens is 120 g/mol. The molecule has 0 aromatic rings. The molecule has 2 atom stereocenters. The van der Waals surface area contributed by atoms with Gasteiger partial charge in [0.1, 0.15) is 0 Å². The molecule has 0 aliphatic heterocycles. The van der Waals surface area contributed by atoms with Gasteiger partial charge in [-0.1, -0.05) is 0 Å². The summed E-state index contributed by atoms with van der Waals surface area (Å²) in [6, 6.07) is 0. The van der Waals surface area contributed by atoms with Crippen LogP contribution in [0.3, 0.4) is 0 Å². The van der Waals surface area contributed by atoms with Gasteiger partial charge in [0, 0.05) is 7.11 Å². The van der Waals surface area contributed by atoms with Crippen LogP contribution in [0.25, 0.3) is 0 Å². The zero-order chi connectivity index (χ0) is 7.28. The molecule has 9 heavy (non-hydrogen) atoms. The van der Waals surface area contributed by atoms with Crippen molar-refractivity contribution in [2.75, 3.05) is 7.11 Å². The summed E-state index contributed by atoms with van der Waals surface area (Å²) < 4.78 is 4.72. The Balaban J connectivity index is 3.68. The zero-order valence-corrected chi connectivity index (χ0v) is 5.61. The number of ether oxygens (including phenoxy) is 1. The van der Waals surface area contributed by atoms with Crippen LogP contribution < -0.4 is 5.73 Å². The van der Waals surface area contributed by atoms with Crippen LogP contribution in [0.4, 0.5) is 0 Å². The fourth-order valence-corrected chi connectivity index (χ4v) is 0.467. The van der Waals surface area contributed by atoms with Gasteiger partial charge in [-0.3, -0.25) is 0 Å². The van der Waals surface area contributed by atoms with E-state index in [1.807, 2.05) is 0 Å². The molecule has 0 saturated carbocycles. The van der Waals surface area contributed by atoms with Gasteiger partial charge >= 0.3 is 0 Å². The number of nitrogens with zero attached hydrogens (tertiary/aromatic N) is 1. The molecule has 0 aliphatic carbocycles. The van der Waals surface area contributed by atoms with Gasteiger partial charge in [-0.05, 0) is 6.92 Å². The normalized spacial score (nSPS) is 18.1. The Morgan fingerprint density at radius 3 is 2.44 bits per heavy atom. The number of hydrogen-bond donors (Lipinski definition) is 2. The first-order chi connectivity index (χ1) is 4.22. The summed E-state index contributed by atoms with van der Waals surface area (Å²) in [6.45, 7) is 1.58. The molecule has 0 saturated heterocycles. The van der Waals surface area contributed by atoms with Crippen LogP contribution >= 0.6 is 0 Å². The highest BCUT2D eigenvalue weighted by Crippen LogP contribution is 1.96. The zero-order valence-electron chi connectivity index (χ0n) is 5.61. The van der Waals surface area contributed by atoms with Gasteiger partial charge in [-0.2, -0.15) is 0 Å². The van der Waals surface area contributed by atoms with Gasteiger partial charge in [0.25, 0.3) is 0 Å². The Morgan fingerprint density at radius 2 is 2.33 bits per heavy atom. The van der Waals surface area contributed by atoms with E-state index < -0.39 is 12.3 Å². The molecule has 0 aromatic heterocycles. The molecule has 0 rings (SSSR count). The molecule has 0 radical (unpaired) electrons. The number of rotatable bonds is 3. The molecule has 2 unspecified atom stereocenters. The van der Waals surface area contributed by atoms with Crippen LogP contribution in [0.2, 0.25) is 0 Å². The number of aliphatic hydroxyl groups excluding tert-OH is 1. The van der Waals surface area contributed by atoms with Crippen molar-refractivity contribution in [1.29, 1.82) is 0 Å². The van der Waals surface area contributed by atoms with Crippen molar-refractivity contribution in [1.82, 2.24) is 0 Å². The van der Waals surface area contributed by atoms with Crippen molar-refractivity contribution in [3.8, 4) is 0 Å². The second-order valence-corrected chi connectivity index (χ2v) is 1.67. The lowest BCUT2D eigenvalue weighted by Gasteiger charge is -2.11. The molecule has 0 aromatic carbocycles. The largest absolute Gasteiger partial charge is 0.390 e. The van der Waals surface area contributed by atoms with E-state index in [2.05, 4.69) is 4.99 Å². The van der Waals surface area contributed by atoms with Gasteiger partial charge in [0.2, 0.25) is 0 Å². The summed E-state index contributed by atoms with van der Waals surface area (Å²) in [4.78, 5) is 3.62. The van der Waals surface area contributed by atoms with Crippen LogP contribution in [0, 0.1) is 0 Å². The first kappa shape index (κ1) is 8.39.